The van der Waals surface area contributed by atoms with Crippen LogP contribution in [0.1, 0.15) is 92.9 Å². The second-order valence-electron chi connectivity index (χ2n) is 14.9. The highest BCUT2D eigenvalue weighted by Gasteiger charge is 2.61. The van der Waals surface area contributed by atoms with Crippen LogP contribution in [0.3, 0.4) is 0 Å². The molecule has 0 radical (unpaired) electrons. The van der Waals surface area contributed by atoms with Gasteiger partial charge in [0.15, 0.2) is 11.9 Å². The highest BCUT2D eigenvalue weighted by atomic mass is 16.7. The van der Waals surface area contributed by atoms with Crippen molar-refractivity contribution in [3.8, 4) is 0 Å². The number of fused-ring (bicyclic) bond motifs is 2. The van der Waals surface area contributed by atoms with Gasteiger partial charge < -0.3 is 39.0 Å². The average Bonchev–Trinajstić information content (AvgIpc) is 3.40. The van der Waals surface area contributed by atoms with E-state index >= 15 is 0 Å². The number of ether oxygens (including phenoxy) is 5. The number of allylic oxidation sites excluding steroid dienone is 2. The van der Waals surface area contributed by atoms with Gasteiger partial charge in [-0.25, -0.2) is 0 Å². The minimum absolute atomic E-state index is 0.0117. The summed E-state index contributed by atoms with van der Waals surface area (Å²) in [6, 6.07) is 0. The quantitative estimate of drug-likeness (QED) is 0.257. The molecule has 3 fully saturated rings. The Labute approximate surface area is 289 Å². The third kappa shape index (κ3) is 7.91. The van der Waals surface area contributed by atoms with Gasteiger partial charge in [-0.3, -0.25) is 14.4 Å². The number of hydrogen-bond acceptors (Lipinski definition) is 10. The third-order valence-electron chi connectivity index (χ3n) is 11.3. The van der Waals surface area contributed by atoms with Gasteiger partial charge in [0.05, 0.1) is 37.8 Å². The number of aliphatic hydroxyl groups excluding tert-OH is 1. The average molecular weight is 687 g/mol. The lowest BCUT2D eigenvalue weighted by Gasteiger charge is -2.51. The molecule has 0 amide bonds. The van der Waals surface area contributed by atoms with Crippen molar-refractivity contribution in [2.75, 3.05) is 6.61 Å². The Morgan fingerprint density at radius 3 is 2.59 bits per heavy atom. The molecule has 2 bridgehead atoms. The molecule has 0 aromatic heterocycles. The molecule has 3 N–H and O–H groups in total. The van der Waals surface area contributed by atoms with E-state index in [0.29, 0.717) is 48.7 Å². The Morgan fingerprint density at radius 1 is 1.12 bits per heavy atom. The van der Waals surface area contributed by atoms with Crippen LogP contribution in [0.2, 0.25) is 0 Å². The predicted octanol–water partition coefficient (Wildman–Crippen LogP) is 4.95. The molecule has 0 aromatic carbocycles. The summed E-state index contributed by atoms with van der Waals surface area (Å²) in [6.45, 7) is 12.0. The van der Waals surface area contributed by atoms with E-state index in [1.54, 1.807) is 25.2 Å². The molecule has 3 saturated heterocycles. The highest BCUT2D eigenvalue weighted by molar-refractivity contribution is 5.79. The molecular weight excluding hydrogens is 632 g/mol. The molecule has 0 unspecified atom stereocenters. The molecule has 4 heterocycles. The number of carboxylic acids is 1. The lowest BCUT2D eigenvalue weighted by molar-refractivity contribution is -0.340. The van der Waals surface area contributed by atoms with Crippen LogP contribution in [-0.4, -0.2) is 87.8 Å². The third-order valence-corrected chi connectivity index (χ3v) is 11.3. The van der Waals surface area contributed by atoms with E-state index in [-0.39, 0.29) is 31.2 Å². The molecule has 0 aromatic rings. The van der Waals surface area contributed by atoms with Crippen LogP contribution in [0.5, 0.6) is 0 Å². The van der Waals surface area contributed by atoms with E-state index in [9.17, 15) is 24.6 Å². The number of carbonyl (C=O) groups is 3. The molecule has 1 spiro atoms. The summed E-state index contributed by atoms with van der Waals surface area (Å²) >= 11 is 0. The maximum Gasteiger partial charge on any atom is 0.316 e. The van der Waals surface area contributed by atoms with Gasteiger partial charge >= 0.3 is 17.9 Å². The van der Waals surface area contributed by atoms with Crippen molar-refractivity contribution in [3.05, 3.63) is 47.1 Å². The van der Waals surface area contributed by atoms with Gasteiger partial charge in [-0.05, 0) is 55.2 Å². The zero-order valence-corrected chi connectivity index (χ0v) is 29.6. The van der Waals surface area contributed by atoms with E-state index in [4.69, 9.17) is 28.8 Å². The van der Waals surface area contributed by atoms with Crippen molar-refractivity contribution in [1.29, 1.82) is 0 Å². The van der Waals surface area contributed by atoms with Crippen LogP contribution in [0.15, 0.2) is 47.1 Å². The minimum Gasteiger partial charge on any atom is -0.481 e. The summed E-state index contributed by atoms with van der Waals surface area (Å²) < 4.78 is 31.6. The first kappa shape index (κ1) is 37.4. The molecule has 11 nitrogen and oxygen atoms in total. The number of aliphatic hydroxyl groups is 2. The molecule has 1 aliphatic carbocycles. The van der Waals surface area contributed by atoms with Gasteiger partial charge in [0.1, 0.15) is 23.7 Å². The first-order valence-electron chi connectivity index (χ1n) is 17.9. The van der Waals surface area contributed by atoms with Crippen molar-refractivity contribution in [2.45, 2.75) is 141 Å². The number of hydrogen-bond donors (Lipinski definition) is 3. The second kappa shape index (κ2) is 15.2. The van der Waals surface area contributed by atoms with Crippen LogP contribution in [-0.2, 0) is 38.1 Å². The van der Waals surface area contributed by atoms with Gasteiger partial charge in [0, 0.05) is 25.2 Å². The molecule has 5 aliphatic rings. The maximum atomic E-state index is 14.3. The van der Waals surface area contributed by atoms with Crippen molar-refractivity contribution in [1.82, 2.24) is 0 Å². The summed E-state index contributed by atoms with van der Waals surface area (Å²) in [5.74, 6) is -4.23. The summed E-state index contributed by atoms with van der Waals surface area (Å²) in [5, 5.41) is 32.7. The van der Waals surface area contributed by atoms with E-state index < -0.39 is 66.1 Å². The fourth-order valence-corrected chi connectivity index (χ4v) is 8.10. The number of aliphatic carboxylic acids is 1. The fraction of sp³-hybridized carbons (Fsp3) is 0.711. The minimum atomic E-state index is -1.92. The summed E-state index contributed by atoms with van der Waals surface area (Å²) in [5.41, 5.74) is -0.234. The Hall–Kier alpha value is -2.83. The number of carboxylic acid groups (broad SMARTS) is 1. The van der Waals surface area contributed by atoms with Gasteiger partial charge in [0.25, 0.3) is 0 Å². The largest absolute Gasteiger partial charge is 0.481 e. The number of rotatable bonds is 6. The summed E-state index contributed by atoms with van der Waals surface area (Å²) in [7, 11) is 0. The van der Waals surface area contributed by atoms with Gasteiger partial charge in [0.2, 0.25) is 0 Å². The van der Waals surface area contributed by atoms with Crippen LogP contribution in [0.4, 0.5) is 0 Å². The second-order valence-corrected chi connectivity index (χ2v) is 14.9. The Morgan fingerprint density at radius 2 is 1.88 bits per heavy atom. The van der Waals surface area contributed by atoms with E-state index in [2.05, 4.69) is 20.8 Å². The van der Waals surface area contributed by atoms with Crippen molar-refractivity contribution in [3.63, 3.8) is 0 Å². The summed E-state index contributed by atoms with van der Waals surface area (Å²) in [6.07, 6.45) is 7.99. The van der Waals surface area contributed by atoms with Crippen LogP contribution in [0.25, 0.3) is 0 Å². The molecular formula is C38H54O11. The Kier molecular flexibility index (Phi) is 11.6. The normalized spacial score (nSPS) is 43.1. The van der Waals surface area contributed by atoms with Gasteiger partial charge in [-0.2, -0.15) is 0 Å². The van der Waals surface area contributed by atoms with Gasteiger partial charge in [-0.1, -0.05) is 64.5 Å². The molecule has 49 heavy (non-hydrogen) atoms. The Bertz CT molecular complexity index is 1380. The molecule has 0 saturated carbocycles. The van der Waals surface area contributed by atoms with Crippen LogP contribution in [0, 0.1) is 23.7 Å². The summed E-state index contributed by atoms with van der Waals surface area (Å²) in [4.78, 5) is 38.0. The first-order chi connectivity index (χ1) is 23.2. The lowest BCUT2D eigenvalue weighted by Crippen LogP contribution is -2.59. The van der Waals surface area contributed by atoms with Crippen LogP contribution >= 0.6 is 0 Å². The van der Waals surface area contributed by atoms with Crippen molar-refractivity contribution >= 4 is 17.9 Å². The lowest BCUT2D eigenvalue weighted by atomic mass is 9.70. The molecule has 4 aliphatic heterocycles. The maximum absolute atomic E-state index is 14.3. The van der Waals surface area contributed by atoms with E-state index in [0.717, 1.165) is 18.4 Å². The zero-order valence-electron chi connectivity index (χ0n) is 29.6. The molecule has 12 atom stereocenters. The smallest absolute Gasteiger partial charge is 0.316 e. The molecule has 272 valence electrons. The fourth-order valence-electron chi connectivity index (χ4n) is 8.10. The van der Waals surface area contributed by atoms with E-state index in [1.807, 2.05) is 26.0 Å². The monoisotopic (exact) mass is 686 g/mol. The van der Waals surface area contributed by atoms with Crippen LogP contribution < -0.4 is 0 Å². The van der Waals surface area contributed by atoms with Crippen molar-refractivity contribution in [2.24, 2.45) is 23.7 Å². The highest BCUT2D eigenvalue weighted by Crippen LogP contribution is 2.48. The molecule has 11 heteroatoms. The number of esters is 2. The van der Waals surface area contributed by atoms with E-state index in [1.165, 1.54) is 0 Å². The van der Waals surface area contributed by atoms with Crippen molar-refractivity contribution < 1.29 is 53.4 Å². The zero-order chi connectivity index (χ0) is 35.7. The number of carbonyl (C=O) groups excluding carboxylic acids is 2. The topological polar surface area (TPSA) is 158 Å². The standard InChI is InChI=1S/C38H54O11/c1-7-21(2)33-24(5)15-16-37(49-33)19-28-18-27(48-37)12-11-23(4)32(42)22(3)9-8-10-26-20-45-35-34(47-31(41)14-13-30(39)40)25(6)17-29(36(43)46-28)38(26,35)44/h8-11,17,21-22,24,27-29,32-35,42,44H,7,12-16,18-20H2,1-6H3,(H,39,40)/b9-8+,23-11+,26-10+/t21-,22-,24-,27+,28-,29-,32-,33+,34+,35+,37+,38+/m0/s1. The SMILES string of the molecule is CC[C@H](C)[C@H]1O[C@]2(CC[C@@H]1C)C[C@@H]1C[C@@H](C/C=C(\C)[C@@H](O)[C@@H](C)/C=C/C=C3\CO[C@@H]4[C@H](OC(=O)CCC(=O)O)C(C)=C[C@@H](C(=O)O1)[C@]34O)O2. The molecule has 5 rings (SSSR count). The van der Waals surface area contributed by atoms with Gasteiger partial charge in [-0.15, -0.1) is 0 Å². The Balaban J connectivity index is 1.52. The predicted molar refractivity (Wildman–Crippen MR) is 179 cm³/mol. The first-order valence-corrected chi connectivity index (χ1v) is 17.9.